The third kappa shape index (κ3) is 2.61. The van der Waals surface area contributed by atoms with Crippen LogP contribution in [0.4, 0.5) is 5.82 Å². The third-order valence-corrected chi connectivity index (χ3v) is 2.96. The smallest absolute Gasteiger partial charge is 0.227 e. The van der Waals surface area contributed by atoms with E-state index in [2.05, 4.69) is 20.8 Å². The zero-order chi connectivity index (χ0) is 11.4. The molecule has 16 heavy (non-hydrogen) atoms. The van der Waals surface area contributed by atoms with Crippen LogP contribution >= 0.6 is 0 Å². The zero-order valence-electron chi connectivity index (χ0n) is 9.55. The lowest BCUT2D eigenvalue weighted by atomic mass is 10.1. The van der Waals surface area contributed by atoms with Crippen LogP contribution in [0.5, 0.6) is 0 Å². The lowest BCUT2D eigenvalue weighted by Crippen LogP contribution is -2.27. The summed E-state index contributed by atoms with van der Waals surface area (Å²) in [5.41, 5.74) is 1.05. The van der Waals surface area contributed by atoms with E-state index in [0.717, 1.165) is 30.8 Å². The van der Waals surface area contributed by atoms with Crippen LogP contribution in [0.1, 0.15) is 31.7 Å². The molecule has 1 aliphatic rings. The van der Waals surface area contributed by atoms with E-state index in [0.29, 0.717) is 12.5 Å². The van der Waals surface area contributed by atoms with Gasteiger partial charge < -0.3 is 10.6 Å². The van der Waals surface area contributed by atoms with Crippen molar-refractivity contribution in [3.05, 3.63) is 11.8 Å². The van der Waals surface area contributed by atoms with Gasteiger partial charge in [0.1, 0.15) is 5.82 Å². The monoisotopic (exact) mass is 222 g/mol. The number of nitrogens with zero attached hydrogens (tertiary/aromatic N) is 1. The first-order valence-electron chi connectivity index (χ1n) is 5.85. The van der Waals surface area contributed by atoms with Crippen molar-refractivity contribution in [2.75, 3.05) is 11.9 Å². The predicted octanol–water partition coefficient (Wildman–Crippen LogP) is 1.05. The topological polar surface area (TPSA) is 69.8 Å². The number of hydrogen-bond acceptors (Lipinski definition) is 3. The molecule has 2 rings (SSSR count). The van der Waals surface area contributed by atoms with Gasteiger partial charge in [0.25, 0.3) is 0 Å². The molecule has 0 radical (unpaired) electrons. The van der Waals surface area contributed by atoms with Crippen LogP contribution in [-0.4, -0.2) is 28.7 Å². The number of H-pyrrole nitrogens is 1. The number of rotatable bonds is 4. The van der Waals surface area contributed by atoms with Crippen LogP contribution in [0.2, 0.25) is 0 Å². The Labute approximate surface area is 95.0 Å². The molecular weight excluding hydrogens is 204 g/mol. The fourth-order valence-corrected chi connectivity index (χ4v) is 2.03. The first-order valence-corrected chi connectivity index (χ1v) is 5.85. The van der Waals surface area contributed by atoms with E-state index in [4.69, 9.17) is 0 Å². The summed E-state index contributed by atoms with van der Waals surface area (Å²) in [5, 5.41) is 12.9. The van der Waals surface area contributed by atoms with Gasteiger partial charge in [0.2, 0.25) is 5.91 Å². The number of aromatic nitrogens is 2. The van der Waals surface area contributed by atoms with Crippen molar-refractivity contribution in [3.8, 4) is 0 Å². The number of nitrogens with one attached hydrogen (secondary N) is 3. The lowest BCUT2D eigenvalue weighted by Gasteiger charge is -2.09. The summed E-state index contributed by atoms with van der Waals surface area (Å²) < 4.78 is 0. The van der Waals surface area contributed by atoms with E-state index in [1.165, 1.54) is 6.42 Å². The van der Waals surface area contributed by atoms with Gasteiger partial charge in [0.05, 0.1) is 6.20 Å². The van der Waals surface area contributed by atoms with Crippen molar-refractivity contribution >= 4 is 11.7 Å². The average Bonchev–Trinajstić information content (AvgIpc) is 2.88. The molecule has 0 aromatic carbocycles. The molecule has 0 aliphatic carbocycles. The first kappa shape index (κ1) is 11.1. The van der Waals surface area contributed by atoms with Crippen LogP contribution in [0.15, 0.2) is 6.20 Å². The first-order chi connectivity index (χ1) is 7.79. The van der Waals surface area contributed by atoms with Crippen LogP contribution in [-0.2, 0) is 11.2 Å². The molecule has 1 atom stereocenters. The highest BCUT2D eigenvalue weighted by Crippen LogP contribution is 2.13. The number of carbonyl (C=O) groups is 1. The summed E-state index contributed by atoms with van der Waals surface area (Å²) in [6.45, 7) is 3.07. The number of anilines is 1. The van der Waals surface area contributed by atoms with Crippen LogP contribution < -0.4 is 10.6 Å². The highest BCUT2D eigenvalue weighted by atomic mass is 16.1. The second-order valence-electron chi connectivity index (χ2n) is 4.17. The van der Waals surface area contributed by atoms with Crippen LogP contribution in [0, 0.1) is 0 Å². The predicted molar refractivity (Wildman–Crippen MR) is 62.2 cm³/mol. The Bertz CT molecular complexity index is 355. The molecule has 88 valence electrons. The van der Waals surface area contributed by atoms with Gasteiger partial charge in [-0.1, -0.05) is 6.92 Å². The number of hydrogen-bond donors (Lipinski definition) is 3. The molecule has 1 saturated heterocycles. The van der Waals surface area contributed by atoms with Crippen molar-refractivity contribution in [3.63, 3.8) is 0 Å². The fourth-order valence-electron chi connectivity index (χ4n) is 2.03. The molecule has 0 bridgehead atoms. The molecule has 0 spiro atoms. The van der Waals surface area contributed by atoms with E-state index in [1.807, 2.05) is 6.92 Å². The van der Waals surface area contributed by atoms with Crippen molar-refractivity contribution < 1.29 is 4.79 Å². The molecule has 1 aromatic heterocycles. The third-order valence-electron chi connectivity index (χ3n) is 2.96. The Kier molecular flexibility index (Phi) is 3.56. The van der Waals surface area contributed by atoms with Crippen LogP contribution in [0.3, 0.4) is 0 Å². The second kappa shape index (κ2) is 5.12. The lowest BCUT2D eigenvalue weighted by molar-refractivity contribution is -0.116. The largest absolute Gasteiger partial charge is 0.313 e. The summed E-state index contributed by atoms with van der Waals surface area (Å²) in [6, 6.07) is 0.341. The normalized spacial score (nSPS) is 19.9. The van der Waals surface area contributed by atoms with Crippen molar-refractivity contribution in [1.82, 2.24) is 15.5 Å². The molecule has 5 nitrogen and oxygen atoms in total. The Morgan fingerprint density at radius 1 is 1.69 bits per heavy atom. The van der Waals surface area contributed by atoms with Gasteiger partial charge in [0, 0.05) is 18.0 Å². The minimum absolute atomic E-state index is 0.0540. The van der Waals surface area contributed by atoms with Gasteiger partial charge in [-0.3, -0.25) is 9.89 Å². The quantitative estimate of drug-likeness (QED) is 0.713. The number of amides is 1. The molecule has 5 heteroatoms. The number of aromatic amines is 1. The molecule has 1 aliphatic heterocycles. The SMILES string of the molecule is CCc1cn[nH]c1NC(=O)CC1CCCN1. The maximum absolute atomic E-state index is 11.7. The van der Waals surface area contributed by atoms with Crippen molar-refractivity contribution in [1.29, 1.82) is 0 Å². The molecule has 1 aromatic rings. The zero-order valence-corrected chi connectivity index (χ0v) is 9.55. The van der Waals surface area contributed by atoms with Gasteiger partial charge >= 0.3 is 0 Å². The summed E-state index contributed by atoms with van der Waals surface area (Å²) in [7, 11) is 0. The molecule has 1 fully saturated rings. The standard InChI is InChI=1S/C11H18N4O/c1-2-8-7-13-15-11(8)14-10(16)6-9-4-3-5-12-9/h7,9,12H,2-6H2,1H3,(H2,13,14,15,16). The van der Waals surface area contributed by atoms with Gasteiger partial charge in [-0.15, -0.1) is 0 Å². The van der Waals surface area contributed by atoms with Gasteiger partial charge in [-0.25, -0.2) is 0 Å². The second-order valence-corrected chi connectivity index (χ2v) is 4.17. The van der Waals surface area contributed by atoms with Gasteiger partial charge in [-0.05, 0) is 25.8 Å². The Balaban J connectivity index is 1.86. The van der Waals surface area contributed by atoms with Gasteiger partial charge in [-0.2, -0.15) is 5.10 Å². The molecule has 2 heterocycles. The Hall–Kier alpha value is -1.36. The molecule has 1 unspecified atom stereocenters. The van der Waals surface area contributed by atoms with Gasteiger partial charge in [0.15, 0.2) is 0 Å². The molecule has 3 N–H and O–H groups in total. The maximum Gasteiger partial charge on any atom is 0.227 e. The highest BCUT2D eigenvalue weighted by molar-refractivity contribution is 5.90. The summed E-state index contributed by atoms with van der Waals surface area (Å²) in [6.07, 6.45) is 5.43. The van der Waals surface area contributed by atoms with E-state index in [-0.39, 0.29) is 5.91 Å². The Morgan fingerprint density at radius 3 is 3.25 bits per heavy atom. The minimum Gasteiger partial charge on any atom is -0.313 e. The van der Waals surface area contributed by atoms with Crippen LogP contribution in [0.25, 0.3) is 0 Å². The molecule has 1 amide bonds. The minimum atomic E-state index is 0.0540. The molecule has 0 saturated carbocycles. The Morgan fingerprint density at radius 2 is 2.56 bits per heavy atom. The van der Waals surface area contributed by atoms with E-state index in [9.17, 15) is 4.79 Å². The average molecular weight is 222 g/mol. The van der Waals surface area contributed by atoms with Crippen molar-refractivity contribution in [2.24, 2.45) is 0 Å². The summed E-state index contributed by atoms with van der Waals surface area (Å²) >= 11 is 0. The fraction of sp³-hybridized carbons (Fsp3) is 0.636. The van der Waals surface area contributed by atoms with Crippen molar-refractivity contribution in [2.45, 2.75) is 38.6 Å². The van der Waals surface area contributed by atoms with E-state index in [1.54, 1.807) is 6.20 Å². The highest BCUT2D eigenvalue weighted by Gasteiger charge is 2.18. The number of carbonyl (C=O) groups excluding carboxylic acids is 1. The summed E-state index contributed by atoms with van der Waals surface area (Å²) in [4.78, 5) is 11.7. The number of aryl methyl sites for hydroxylation is 1. The maximum atomic E-state index is 11.7. The molecular formula is C11H18N4O. The van der Waals surface area contributed by atoms with E-state index < -0.39 is 0 Å². The van der Waals surface area contributed by atoms with E-state index >= 15 is 0 Å². The summed E-state index contributed by atoms with van der Waals surface area (Å²) in [5.74, 6) is 0.795.